The van der Waals surface area contributed by atoms with Crippen LogP contribution < -0.4 is 0 Å². The number of nitrogens with zero attached hydrogens (tertiary/aromatic N) is 2. The number of oxazole rings is 1. The van der Waals surface area contributed by atoms with Crippen molar-refractivity contribution in [3.05, 3.63) is 168 Å². The first-order chi connectivity index (χ1) is 23.2. The molecule has 0 atom stereocenters. The van der Waals surface area contributed by atoms with Crippen LogP contribution >= 0.6 is 15.9 Å². The van der Waals surface area contributed by atoms with Gasteiger partial charge in [-0.3, -0.25) is 0 Å². The molecule has 3 nitrogen and oxygen atoms in total. The van der Waals surface area contributed by atoms with Crippen molar-refractivity contribution < 1.29 is 4.42 Å². The molecule has 0 aliphatic rings. The number of rotatable bonds is 5. The number of fused-ring (bicyclic) bond motifs is 4. The van der Waals surface area contributed by atoms with Crippen LogP contribution in [-0.4, -0.2) is 9.55 Å². The van der Waals surface area contributed by atoms with Crippen LogP contribution in [0.3, 0.4) is 0 Å². The zero-order valence-electron chi connectivity index (χ0n) is 25.3. The molecule has 222 valence electrons. The summed E-state index contributed by atoms with van der Waals surface area (Å²) in [4.78, 5) is 4.70. The molecule has 0 unspecified atom stereocenters. The van der Waals surface area contributed by atoms with Gasteiger partial charge >= 0.3 is 0 Å². The van der Waals surface area contributed by atoms with E-state index in [0.717, 1.165) is 32.4 Å². The minimum Gasteiger partial charge on any atom is -0.436 e. The second-order valence-electron chi connectivity index (χ2n) is 11.7. The van der Waals surface area contributed by atoms with Gasteiger partial charge in [-0.25, -0.2) is 4.98 Å². The van der Waals surface area contributed by atoms with E-state index in [2.05, 4.69) is 166 Å². The molecular weight excluding hydrogens is 640 g/mol. The normalized spacial score (nSPS) is 11.5. The van der Waals surface area contributed by atoms with E-state index in [1.165, 1.54) is 49.6 Å². The third-order valence-electron chi connectivity index (χ3n) is 8.95. The minimum absolute atomic E-state index is 0.618. The molecule has 2 heterocycles. The van der Waals surface area contributed by atoms with E-state index in [9.17, 15) is 0 Å². The summed E-state index contributed by atoms with van der Waals surface area (Å²) >= 11 is 3.52. The van der Waals surface area contributed by atoms with Crippen molar-refractivity contribution in [3.8, 4) is 50.5 Å². The van der Waals surface area contributed by atoms with E-state index in [-0.39, 0.29) is 0 Å². The van der Waals surface area contributed by atoms with Crippen molar-refractivity contribution in [1.29, 1.82) is 0 Å². The second kappa shape index (κ2) is 11.3. The van der Waals surface area contributed by atoms with Crippen molar-refractivity contribution in [3.63, 3.8) is 0 Å². The van der Waals surface area contributed by atoms with Crippen molar-refractivity contribution in [2.45, 2.75) is 0 Å². The molecule has 0 saturated heterocycles. The molecule has 0 saturated carbocycles. The Labute approximate surface area is 280 Å². The fourth-order valence-corrected chi connectivity index (χ4v) is 7.08. The van der Waals surface area contributed by atoms with Crippen LogP contribution in [0.2, 0.25) is 0 Å². The van der Waals surface area contributed by atoms with Crippen molar-refractivity contribution >= 4 is 48.8 Å². The topological polar surface area (TPSA) is 31.0 Å². The summed E-state index contributed by atoms with van der Waals surface area (Å²) in [5.41, 5.74) is 13.2. The highest BCUT2D eigenvalue weighted by molar-refractivity contribution is 9.10. The van der Waals surface area contributed by atoms with Crippen LogP contribution in [-0.2, 0) is 0 Å². The zero-order chi connectivity index (χ0) is 31.3. The molecular formula is C43H27BrN2O. The summed E-state index contributed by atoms with van der Waals surface area (Å²) in [6, 6.07) is 57.9. The van der Waals surface area contributed by atoms with Gasteiger partial charge in [0.25, 0.3) is 0 Å². The predicted octanol–water partition coefficient (Wildman–Crippen LogP) is 12.4. The molecule has 9 aromatic rings. The third-order valence-corrected chi connectivity index (χ3v) is 9.45. The zero-order valence-corrected chi connectivity index (χ0v) is 26.9. The standard InChI is InChI=1S/C43H27BrN2O/c44-31-23-26-39-42(27-31)47-43(45-39)30-19-17-28(18-20-30)33-9-1-3-11-35(33)36-12-4-2-10-34(36)29-21-24-32(25-22-29)46-40-15-7-5-13-37(40)38-14-6-8-16-41(38)46/h1-27H. The summed E-state index contributed by atoms with van der Waals surface area (Å²) in [7, 11) is 0. The lowest BCUT2D eigenvalue weighted by Gasteiger charge is -2.15. The first-order valence-electron chi connectivity index (χ1n) is 15.7. The molecule has 0 bridgehead atoms. The maximum atomic E-state index is 6.07. The molecule has 0 radical (unpaired) electrons. The first kappa shape index (κ1) is 27.6. The van der Waals surface area contributed by atoms with Crippen molar-refractivity contribution in [2.75, 3.05) is 0 Å². The molecule has 0 aliphatic carbocycles. The Morgan fingerprint density at radius 1 is 0.468 bits per heavy atom. The molecule has 2 aromatic heterocycles. The van der Waals surface area contributed by atoms with E-state index >= 15 is 0 Å². The smallest absolute Gasteiger partial charge is 0.227 e. The predicted molar refractivity (Wildman–Crippen MR) is 198 cm³/mol. The van der Waals surface area contributed by atoms with E-state index in [1.54, 1.807) is 0 Å². The summed E-state index contributed by atoms with van der Waals surface area (Å²) < 4.78 is 9.40. The van der Waals surface area contributed by atoms with Crippen LogP contribution in [0.5, 0.6) is 0 Å². The van der Waals surface area contributed by atoms with Gasteiger partial charge in [0.1, 0.15) is 5.52 Å². The molecule has 0 spiro atoms. The number of halogens is 1. The quantitative estimate of drug-likeness (QED) is 0.183. The van der Waals surface area contributed by atoms with Gasteiger partial charge in [-0.15, -0.1) is 0 Å². The van der Waals surface area contributed by atoms with Crippen LogP contribution in [0.25, 0.3) is 83.4 Å². The van der Waals surface area contributed by atoms with E-state index in [0.29, 0.717) is 5.89 Å². The third kappa shape index (κ3) is 4.77. The van der Waals surface area contributed by atoms with Crippen LogP contribution in [0, 0.1) is 0 Å². The molecule has 0 amide bonds. The van der Waals surface area contributed by atoms with Gasteiger partial charge in [0.15, 0.2) is 5.58 Å². The number of para-hydroxylation sites is 2. The SMILES string of the molecule is Brc1ccc2nc(-c3ccc(-c4ccccc4-c4ccccc4-c4ccc(-n5c6ccccc6c6ccccc65)cc4)cc3)oc2c1. The maximum absolute atomic E-state index is 6.07. The molecule has 4 heteroatoms. The van der Waals surface area contributed by atoms with Crippen molar-refractivity contribution in [1.82, 2.24) is 9.55 Å². The number of hydrogen-bond acceptors (Lipinski definition) is 2. The van der Waals surface area contributed by atoms with Crippen LogP contribution in [0.4, 0.5) is 0 Å². The van der Waals surface area contributed by atoms with Gasteiger partial charge in [-0.2, -0.15) is 0 Å². The second-order valence-corrected chi connectivity index (χ2v) is 12.6. The lowest BCUT2D eigenvalue weighted by molar-refractivity contribution is 0.619. The largest absolute Gasteiger partial charge is 0.436 e. The van der Waals surface area contributed by atoms with Gasteiger partial charge in [0.05, 0.1) is 11.0 Å². The first-order valence-corrected chi connectivity index (χ1v) is 16.4. The Balaban J connectivity index is 1.09. The van der Waals surface area contributed by atoms with Gasteiger partial charge in [0, 0.05) is 26.5 Å². The lowest BCUT2D eigenvalue weighted by Crippen LogP contribution is -1.94. The highest BCUT2D eigenvalue weighted by Crippen LogP contribution is 2.39. The Kier molecular flexibility index (Phi) is 6.61. The Hall–Kier alpha value is -5.71. The van der Waals surface area contributed by atoms with E-state index < -0.39 is 0 Å². The monoisotopic (exact) mass is 666 g/mol. The highest BCUT2D eigenvalue weighted by Gasteiger charge is 2.15. The van der Waals surface area contributed by atoms with Crippen molar-refractivity contribution in [2.24, 2.45) is 0 Å². The summed E-state index contributed by atoms with van der Waals surface area (Å²) in [5, 5.41) is 2.54. The Bertz CT molecular complexity index is 2520. The number of aromatic nitrogens is 2. The van der Waals surface area contributed by atoms with E-state index in [1.807, 2.05) is 18.2 Å². The fraction of sp³-hybridized carbons (Fsp3) is 0. The maximum Gasteiger partial charge on any atom is 0.227 e. The van der Waals surface area contributed by atoms with Crippen LogP contribution in [0.1, 0.15) is 0 Å². The average Bonchev–Trinajstić information content (AvgIpc) is 3.71. The molecule has 0 fully saturated rings. The molecule has 0 N–H and O–H groups in total. The molecule has 0 aliphatic heterocycles. The Morgan fingerprint density at radius 3 is 1.55 bits per heavy atom. The van der Waals surface area contributed by atoms with Gasteiger partial charge in [-0.1, -0.05) is 125 Å². The summed E-state index contributed by atoms with van der Waals surface area (Å²) in [6.45, 7) is 0. The molecule has 9 rings (SSSR count). The fourth-order valence-electron chi connectivity index (χ4n) is 6.74. The number of benzene rings is 7. The van der Waals surface area contributed by atoms with Gasteiger partial charge in [0.2, 0.25) is 5.89 Å². The molecule has 47 heavy (non-hydrogen) atoms. The number of hydrogen-bond donors (Lipinski definition) is 0. The van der Waals surface area contributed by atoms with Gasteiger partial charge < -0.3 is 8.98 Å². The summed E-state index contributed by atoms with van der Waals surface area (Å²) in [6.07, 6.45) is 0. The van der Waals surface area contributed by atoms with E-state index in [4.69, 9.17) is 9.40 Å². The average molecular weight is 668 g/mol. The lowest BCUT2D eigenvalue weighted by atomic mass is 9.89. The highest BCUT2D eigenvalue weighted by atomic mass is 79.9. The molecule has 7 aromatic carbocycles. The minimum atomic E-state index is 0.618. The Morgan fingerprint density at radius 2 is 0.957 bits per heavy atom. The van der Waals surface area contributed by atoms with Gasteiger partial charge in [-0.05, 0) is 88.0 Å². The van der Waals surface area contributed by atoms with Crippen LogP contribution in [0.15, 0.2) is 173 Å². The summed E-state index contributed by atoms with van der Waals surface area (Å²) in [5.74, 6) is 0.618.